The van der Waals surface area contributed by atoms with Gasteiger partial charge in [0.1, 0.15) is 31.6 Å². The van der Waals surface area contributed by atoms with Gasteiger partial charge in [0.05, 0.1) is 62.2 Å². The number of hydrogen-bond donors (Lipinski definition) is 10. The van der Waals surface area contributed by atoms with Crippen LogP contribution in [0.1, 0.15) is 170 Å². The number of carboxylic acid groups (broad SMARTS) is 3. The first-order valence-electron chi connectivity index (χ1n) is 39.6. The summed E-state index contributed by atoms with van der Waals surface area (Å²) in [7, 11) is 0. The lowest BCUT2D eigenvalue weighted by Gasteiger charge is -2.17. The molecule has 5 aromatic heterocycles. The molecule has 5 heterocycles. The van der Waals surface area contributed by atoms with Gasteiger partial charge in [-0.15, -0.1) is 0 Å². The molecule has 25 nitrogen and oxygen atoms in total. The number of nitrogens with zero attached hydrogens (tertiary/aromatic N) is 5. The number of halogens is 1. The second kappa shape index (κ2) is 48.8. The van der Waals surface area contributed by atoms with Gasteiger partial charge in [-0.1, -0.05) is 133 Å². The fourth-order valence-corrected chi connectivity index (χ4v) is 13.3. The van der Waals surface area contributed by atoms with E-state index in [9.17, 15) is 49.2 Å². The monoisotopic (exact) mass is 1680 g/mol. The average molecular weight is 1680 g/mol. The quantitative estimate of drug-likeness (QED) is 0.0130. The van der Waals surface area contributed by atoms with Crippen LogP contribution in [-0.2, 0) is 67.0 Å². The third-order valence-electron chi connectivity index (χ3n) is 20.6. The van der Waals surface area contributed by atoms with E-state index in [1.54, 1.807) is 57.2 Å². The van der Waals surface area contributed by atoms with Crippen LogP contribution in [0.4, 0.5) is 0 Å². The number of carbonyl (C=O) groups excluding carboxylic acids is 3. The van der Waals surface area contributed by atoms with Crippen molar-refractivity contribution in [2.75, 3.05) is 13.1 Å². The number of aryl methyl sites for hydroxylation is 6. The Balaban J connectivity index is 0.000000244. The van der Waals surface area contributed by atoms with Crippen LogP contribution in [0, 0.1) is 76.2 Å². The molecule has 0 unspecified atom stereocenters. The van der Waals surface area contributed by atoms with Crippen molar-refractivity contribution in [3.8, 4) is 56.9 Å². The Kier molecular flexibility index (Phi) is 38.7. The minimum atomic E-state index is -1.04. The van der Waals surface area contributed by atoms with Gasteiger partial charge in [-0.25, -0.2) is 24.9 Å². The first kappa shape index (κ1) is 96.8. The minimum absolute atomic E-state index is 0.00625. The van der Waals surface area contributed by atoms with E-state index in [0.29, 0.717) is 115 Å². The number of aldehydes is 3. The summed E-state index contributed by atoms with van der Waals surface area (Å²) < 4.78 is 24.1. The first-order chi connectivity index (χ1) is 58.4. The van der Waals surface area contributed by atoms with Crippen LogP contribution in [0.3, 0.4) is 0 Å². The standard InChI is InChI=1S/C39H47N3O8.C30H28N2O4.C16H18O2.C7H6ClNO.C4H9NO3/c1-24-30(22-49-36-16-14-28(26(3)41-36)8-5-11-32(43)18-38(45)46)9-6-12-34(24)35-13-7-10-31(25(35)2)23-50-37-17-15-29(27(4)42-37)20-40-21-33(44)19-39(47)48;1-19-25(17-35-29-13-11-23(15-33)21(3)31-29)7-5-9-27(19)28-10-6-8-26(20(28)2)18-36-30-14-12-24(16-34)22(4)32-30;1-11-13(9-17)5-3-7-15(11)16-8-4-6-14(10-18)12(16)2;1-5-6(4-10)2-3-7(8)9-5;5-2-3(6)1-4(7)8/h6-7,9-10,12-17,32-33,40,43-44H,5,8,11,18-23H2,1-4H3,(H,45,46)(H,47,48);5-16H,17-18H2,1-4H3;3-8,17-18H,9-10H2,1-2H3;2-4H,1H3;3,6H,1-2,5H2,(H,7,8)/t32-,33+;;;;3-/m1...0/s1. The fraction of sp³-hybridized carbons (Fsp3) is 0.302. The molecule has 6 aromatic carbocycles. The molecule has 11 N–H and O–H groups in total. The van der Waals surface area contributed by atoms with Gasteiger partial charge in [0.15, 0.2) is 18.9 Å². The summed E-state index contributed by atoms with van der Waals surface area (Å²) in [5, 5.41) is 75.9. The lowest BCUT2D eigenvalue weighted by Crippen LogP contribution is -2.28. The van der Waals surface area contributed by atoms with Crippen LogP contribution in [0.15, 0.2) is 170 Å². The Morgan fingerprint density at radius 3 is 0.975 bits per heavy atom. The number of aliphatic hydroxyl groups excluding tert-OH is 5. The van der Waals surface area contributed by atoms with Crippen LogP contribution in [0.2, 0.25) is 5.15 Å². The third kappa shape index (κ3) is 29.3. The largest absolute Gasteiger partial charge is 0.481 e. The zero-order valence-corrected chi connectivity index (χ0v) is 71.3. The molecule has 642 valence electrons. The average Bonchev–Trinajstić information content (AvgIpc) is 0.806. The molecule has 0 spiro atoms. The Bertz CT molecular complexity index is 5100. The van der Waals surface area contributed by atoms with Crippen molar-refractivity contribution in [2.24, 2.45) is 5.73 Å². The summed E-state index contributed by atoms with van der Waals surface area (Å²) in [5.74, 6) is -1.05. The number of carboxylic acids is 3. The number of nitrogens with one attached hydrogen (secondary N) is 1. The summed E-state index contributed by atoms with van der Waals surface area (Å²) >= 11 is 5.55. The Hall–Kier alpha value is -12.3. The van der Waals surface area contributed by atoms with E-state index in [4.69, 9.17) is 56.7 Å². The second-order valence-corrected chi connectivity index (χ2v) is 29.5. The second-order valence-electron chi connectivity index (χ2n) is 29.1. The molecule has 11 aromatic rings. The van der Waals surface area contributed by atoms with Crippen molar-refractivity contribution in [3.05, 3.63) is 298 Å². The normalized spacial score (nSPS) is 11.4. The van der Waals surface area contributed by atoms with Crippen LogP contribution < -0.4 is 30.0 Å². The van der Waals surface area contributed by atoms with Crippen molar-refractivity contribution in [3.63, 3.8) is 0 Å². The predicted molar refractivity (Wildman–Crippen MR) is 468 cm³/mol. The van der Waals surface area contributed by atoms with Crippen molar-refractivity contribution < 1.29 is 88.6 Å². The van der Waals surface area contributed by atoms with Crippen molar-refractivity contribution in [1.29, 1.82) is 0 Å². The lowest BCUT2D eigenvalue weighted by molar-refractivity contribution is -0.140. The molecule has 0 aliphatic heterocycles. The maximum Gasteiger partial charge on any atom is 0.306 e. The minimum Gasteiger partial charge on any atom is -0.481 e. The Labute approximate surface area is 716 Å². The highest BCUT2D eigenvalue weighted by atomic mass is 35.5. The van der Waals surface area contributed by atoms with E-state index in [-0.39, 0.29) is 45.6 Å². The van der Waals surface area contributed by atoms with Gasteiger partial charge in [0, 0.05) is 77.7 Å². The summed E-state index contributed by atoms with van der Waals surface area (Å²) in [6, 6.07) is 54.3. The molecule has 0 saturated carbocycles. The molecule has 3 atom stereocenters. The molecule has 0 aliphatic rings. The number of aromatic nitrogens is 5. The number of carbonyl (C=O) groups is 6. The maximum atomic E-state index is 11.0. The number of benzene rings is 6. The molecular weight excluding hydrogens is 1570 g/mol. The van der Waals surface area contributed by atoms with E-state index < -0.39 is 36.2 Å². The number of hydrogen-bond acceptors (Lipinski definition) is 22. The summed E-state index contributed by atoms with van der Waals surface area (Å²) in [6.07, 6.45) is 0.637. The molecule has 0 aliphatic carbocycles. The number of nitrogens with two attached hydrogens (primary N) is 1. The van der Waals surface area contributed by atoms with Gasteiger partial charge >= 0.3 is 17.9 Å². The molecule has 0 radical (unpaired) electrons. The zero-order chi connectivity index (χ0) is 89.1. The van der Waals surface area contributed by atoms with Gasteiger partial charge in [0.2, 0.25) is 23.5 Å². The van der Waals surface area contributed by atoms with E-state index in [1.807, 2.05) is 119 Å². The number of aliphatic hydroxyl groups is 5. The molecule has 0 bridgehead atoms. The highest BCUT2D eigenvalue weighted by Crippen LogP contribution is 2.35. The van der Waals surface area contributed by atoms with Crippen LogP contribution in [-0.4, -0.2) is 134 Å². The molecule has 122 heavy (non-hydrogen) atoms. The highest BCUT2D eigenvalue weighted by molar-refractivity contribution is 6.29. The summed E-state index contributed by atoms with van der Waals surface area (Å²) in [5.41, 5.74) is 31.6. The van der Waals surface area contributed by atoms with Crippen LogP contribution in [0.5, 0.6) is 23.5 Å². The first-order valence-corrected chi connectivity index (χ1v) is 40.0. The molecule has 0 saturated heterocycles. The van der Waals surface area contributed by atoms with Crippen LogP contribution >= 0.6 is 11.6 Å². The molecule has 26 heteroatoms. The van der Waals surface area contributed by atoms with Crippen LogP contribution in [0.25, 0.3) is 33.4 Å². The third-order valence-corrected chi connectivity index (χ3v) is 20.8. The smallest absolute Gasteiger partial charge is 0.306 e. The fourth-order valence-electron chi connectivity index (χ4n) is 13.1. The topological polar surface area (TPSA) is 404 Å². The number of pyridine rings is 5. The highest BCUT2D eigenvalue weighted by Gasteiger charge is 2.19. The summed E-state index contributed by atoms with van der Waals surface area (Å²) in [4.78, 5) is 85.4. The van der Waals surface area contributed by atoms with Gasteiger partial charge in [0.25, 0.3) is 0 Å². The van der Waals surface area contributed by atoms with Crippen molar-refractivity contribution in [1.82, 2.24) is 30.2 Å². The number of ether oxygens (including phenoxy) is 4. The number of aliphatic carboxylic acids is 3. The van der Waals surface area contributed by atoms with E-state index in [0.717, 1.165) is 142 Å². The molecule has 11 rings (SSSR count). The van der Waals surface area contributed by atoms with E-state index in [2.05, 4.69) is 100 Å². The summed E-state index contributed by atoms with van der Waals surface area (Å²) in [6.45, 7) is 23.7. The lowest BCUT2D eigenvalue weighted by atomic mass is 9.92. The van der Waals surface area contributed by atoms with E-state index >= 15 is 0 Å². The molecule has 0 fully saturated rings. The van der Waals surface area contributed by atoms with Gasteiger partial charge in [-0.05, 0) is 231 Å². The van der Waals surface area contributed by atoms with Crippen molar-refractivity contribution in [2.45, 2.75) is 179 Å². The molecule has 0 amide bonds. The maximum absolute atomic E-state index is 11.0. The predicted octanol–water partition coefficient (Wildman–Crippen LogP) is 15.4. The zero-order valence-electron chi connectivity index (χ0n) is 70.6. The Morgan fingerprint density at radius 1 is 0.377 bits per heavy atom. The number of rotatable bonds is 35. The molecular formula is C96H108ClN7O18. The SMILES string of the molecule is Cc1c(CO)cccc1-c1cccc(CO)c1C.Cc1nc(Cl)ccc1C=O.Cc1nc(OCc2cccc(-c3cccc(COc4ccc(C=O)c(C)n4)c3C)c2C)ccc1C=O.Cc1nc(OCc2cccc(-c3cccc(COc4ccc(CNC[C@@H](O)CC(=O)O)c(C)n4)c3C)c2C)ccc1CCC[C@@H](O)CC(=O)O.NC[C@@H](O)CC(=O)O. The van der Waals surface area contributed by atoms with Crippen molar-refractivity contribution >= 4 is 48.4 Å². The van der Waals surface area contributed by atoms with Gasteiger partial charge < -0.3 is 70.9 Å². The Morgan fingerprint density at radius 2 is 0.672 bits per heavy atom. The van der Waals surface area contributed by atoms with E-state index in [1.165, 1.54) is 0 Å². The van der Waals surface area contributed by atoms with Gasteiger partial charge in [-0.3, -0.25) is 28.8 Å². The van der Waals surface area contributed by atoms with Gasteiger partial charge in [-0.2, -0.15) is 0 Å².